The zero-order valence-corrected chi connectivity index (χ0v) is 6.78. The summed E-state index contributed by atoms with van der Waals surface area (Å²) in [6.45, 7) is 0. The Labute approximate surface area is 71.9 Å². The number of aryl methyl sites for hydroxylation is 1. The molecule has 0 aliphatic carbocycles. The molecule has 0 spiro atoms. The molecule has 0 aliphatic heterocycles. The summed E-state index contributed by atoms with van der Waals surface area (Å²) in [6.07, 6.45) is 1.20. The maximum Gasteiger partial charge on any atom is 0.402 e. The molecule has 6 nitrogen and oxygen atoms in total. The predicted molar refractivity (Wildman–Crippen MR) is 40.0 cm³/mol. The van der Waals surface area contributed by atoms with E-state index < -0.39 is 16.0 Å². The minimum atomic E-state index is -0.880. The Morgan fingerprint density at radius 2 is 2.42 bits per heavy atom. The Balaban J connectivity index is 3.26. The van der Waals surface area contributed by atoms with Crippen molar-refractivity contribution in [2.75, 3.05) is 0 Å². The van der Waals surface area contributed by atoms with Gasteiger partial charge in [-0.3, -0.25) is 4.79 Å². The molecular formula is C5H4ClN3O3. The van der Waals surface area contributed by atoms with Crippen LogP contribution in [0.1, 0.15) is 10.4 Å². The Morgan fingerprint density at radius 1 is 1.83 bits per heavy atom. The van der Waals surface area contributed by atoms with E-state index in [-0.39, 0.29) is 5.56 Å². The SMILES string of the molecule is Cn1cc(C(=O)Cl)c([N+](=O)[O-])n1. The summed E-state index contributed by atoms with van der Waals surface area (Å²) in [5.74, 6) is -0.516. The van der Waals surface area contributed by atoms with Crippen LogP contribution in [0.4, 0.5) is 5.82 Å². The molecule has 1 aromatic rings. The molecule has 0 aliphatic rings. The Kier molecular flexibility index (Phi) is 2.09. The van der Waals surface area contributed by atoms with Crippen LogP contribution in [-0.4, -0.2) is 19.9 Å². The van der Waals surface area contributed by atoms with E-state index >= 15 is 0 Å². The molecule has 64 valence electrons. The van der Waals surface area contributed by atoms with E-state index in [0.29, 0.717) is 0 Å². The van der Waals surface area contributed by atoms with Crippen LogP contribution in [0, 0.1) is 10.1 Å². The second-order valence-electron chi connectivity index (χ2n) is 2.07. The van der Waals surface area contributed by atoms with Crippen molar-refractivity contribution in [3.63, 3.8) is 0 Å². The van der Waals surface area contributed by atoms with E-state index in [0.717, 1.165) is 4.68 Å². The number of rotatable bonds is 2. The molecule has 1 rings (SSSR count). The molecule has 0 aromatic carbocycles. The Morgan fingerprint density at radius 3 is 2.75 bits per heavy atom. The van der Waals surface area contributed by atoms with Crippen LogP contribution in [0.25, 0.3) is 0 Å². The number of nitrogens with zero attached hydrogens (tertiary/aromatic N) is 3. The molecule has 0 saturated heterocycles. The molecule has 0 bridgehead atoms. The fraction of sp³-hybridized carbons (Fsp3) is 0.200. The highest BCUT2D eigenvalue weighted by atomic mass is 35.5. The molecule has 0 amide bonds. The molecule has 0 atom stereocenters. The van der Waals surface area contributed by atoms with Crippen LogP contribution in [0.5, 0.6) is 0 Å². The lowest BCUT2D eigenvalue weighted by Gasteiger charge is -1.87. The van der Waals surface area contributed by atoms with Crippen molar-refractivity contribution in [2.24, 2.45) is 7.05 Å². The van der Waals surface area contributed by atoms with Gasteiger partial charge in [0.1, 0.15) is 0 Å². The van der Waals surface area contributed by atoms with Crippen molar-refractivity contribution in [1.82, 2.24) is 9.78 Å². The first-order valence-electron chi connectivity index (χ1n) is 2.90. The lowest BCUT2D eigenvalue weighted by molar-refractivity contribution is -0.390. The highest BCUT2D eigenvalue weighted by Crippen LogP contribution is 2.16. The molecule has 7 heteroatoms. The van der Waals surface area contributed by atoms with Gasteiger partial charge in [-0.1, -0.05) is 0 Å². The molecule has 0 radical (unpaired) electrons. The van der Waals surface area contributed by atoms with Crippen LogP contribution in [0.15, 0.2) is 6.20 Å². The van der Waals surface area contributed by atoms with Crippen molar-refractivity contribution in [3.8, 4) is 0 Å². The van der Waals surface area contributed by atoms with Gasteiger partial charge in [0.15, 0.2) is 5.56 Å². The molecule has 0 N–H and O–H groups in total. The second kappa shape index (κ2) is 2.90. The van der Waals surface area contributed by atoms with Crippen molar-refractivity contribution in [1.29, 1.82) is 0 Å². The van der Waals surface area contributed by atoms with Gasteiger partial charge in [-0.2, -0.15) is 4.68 Å². The number of hydrogen-bond donors (Lipinski definition) is 0. The Hall–Kier alpha value is -1.43. The first-order valence-corrected chi connectivity index (χ1v) is 3.28. The molecule has 0 unspecified atom stereocenters. The molecular weight excluding hydrogens is 186 g/mol. The standard InChI is InChI=1S/C5H4ClN3O3/c1-8-2-3(4(6)10)5(7-8)9(11)12/h2H,1H3. The fourth-order valence-corrected chi connectivity index (χ4v) is 0.884. The number of aromatic nitrogens is 2. The van der Waals surface area contributed by atoms with Gasteiger partial charge in [0.2, 0.25) is 0 Å². The van der Waals surface area contributed by atoms with Crippen molar-refractivity contribution in [3.05, 3.63) is 21.9 Å². The summed E-state index contributed by atoms with van der Waals surface area (Å²) in [7, 11) is 1.47. The van der Waals surface area contributed by atoms with E-state index in [9.17, 15) is 14.9 Å². The van der Waals surface area contributed by atoms with E-state index in [1.54, 1.807) is 0 Å². The third-order valence-electron chi connectivity index (χ3n) is 1.19. The number of nitro groups is 1. The van der Waals surface area contributed by atoms with Gasteiger partial charge in [-0.25, -0.2) is 0 Å². The third kappa shape index (κ3) is 1.42. The average Bonchev–Trinajstić information content (AvgIpc) is 2.31. The van der Waals surface area contributed by atoms with Gasteiger partial charge in [-0.15, -0.1) is 0 Å². The van der Waals surface area contributed by atoms with Crippen LogP contribution >= 0.6 is 11.6 Å². The first kappa shape index (κ1) is 8.66. The number of hydrogen-bond acceptors (Lipinski definition) is 4. The molecule has 0 saturated carbocycles. The van der Waals surface area contributed by atoms with Crippen LogP contribution in [0.2, 0.25) is 0 Å². The monoisotopic (exact) mass is 189 g/mol. The molecule has 1 heterocycles. The van der Waals surface area contributed by atoms with Crippen molar-refractivity contribution >= 4 is 22.7 Å². The van der Waals surface area contributed by atoms with Gasteiger partial charge in [0, 0.05) is 0 Å². The summed E-state index contributed by atoms with van der Waals surface area (Å²) >= 11 is 5.07. The maximum absolute atomic E-state index is 10.6. The average molecular weight is 190 g/mol. The van der Waals surface area contributed by atoms with Crippen LogP contribution in [0.3, 0.4) is 0 Å². The highest BCUT2D eigenvalue weighted by Gasteiger charge is 2.23. The van der Waals surface area contributed by atoms with Gasteiger partial charge < -0.3 is 10.1 Å². The zero-order chi connectivity index (χ0) is 9.30. The highest BCUT2D eigenvalue weighted by molar-refractivity contribution is 6.68. The summed E-state index contributed by atoms with van der Waals surface area (Å²) in [6, 6.07) is 0. The van der Waals surface area contributed by atoms with E-state index in [1.807, 2.05) is 0 Å². The zero-order valence-electron chi connectivity index (χ0n) is 6.02. The fourth-order valence-electron chi connectivity index (χ4n) is 0.750. The largest absolute Gasteiger partial charge is 0.402 e. The van der Waals surface area contributed by atoms with Crippen molar-refractivity contribution < 1.29 is 9.72 Å². The minimum absolute atomic E-state index is 0.191. The number of carbonyl (C=O) groups excluding carboxylic acids is 1. The molecule has 12 heavy (non-hydrogen) atoms. The van der Waals surface area contributed by atoms with Crippen LogP contribution < -0.4 is 0 Å². The predicted octanol–water partition coefficient (Wildman–Crippen LogP) is 0.707. The number of carbonyl (C=O) groups is 1. The second-order valence-corrected chi connectivity index (χ2v) is 2.41. The van der Waals surface area contributed by atoms with Gasteiger partial charge in [-0.05, 0) is 16.5 Å². The van der Waals surface area contributed by atoms with E-state index in [1.165, 1.54) is 13.2 Å². The lowest BCUT2D eigenvalue weighted by atomic mass is 10.4. The number of halogens is 1. The first-order chi connectivity index (χ1) is 5.52. The molecule has 0 fully saturated rings. The summed E-state index contributed by atoms with van der Waals surface area (Å²) in [5.41, 5.74) is -0.191. The smallest absolute Gasteiger partial charge is 0.358 e. The lowest BCUT2D eigenvalue weighted by Crippen LogP contribution is -1.95. The summed E-state index contributed by atoms with van der Waals surface area (Å²) in [4.78, 5) is 20.1. The third-order valence-corrected chi connectivity index (χ3v) is 1.40. The quantitative estimate of drug-likeness (QED) is 0.390. The van der Waals surface area contributed by atoms with E-state index in [2.05, 4.69) is 5.10 Å². The molecule has 1 aromatic heterocycles. The van der Waals surface area contributed by atoms with Gasteiger partial charge in [0.25, 0.3) is 5.24 Å². The summed E-state index contributed by atoms with van der Waals surface area (Å²) < 4.78 is 1.16. The van der Waals surface area contributed by atoms with Crippen LogP contribution in [-0.2, 0) is 7.05 Å². The van der Waals surface area contributed by atoms with Gasteiger partial charge in [0.05, 0.1) is 18.3 Å². The Bertz CT molecular complexity index is 314. The van der Waals surface area contributed by atoms with Gasteiger partial charge >= 0.3 is 5.82 Å². The minimum Gasteiger partial charge on any atom is -0.358 e. The summed E-state index contributed by atoms with van der Waals surface area (Å²) in [5, 5.41) is 12.8. The topological polar surface area (TPSA) is 78.0 Å². The normalized spacial score (nSPS) is 9.83. The van der Waals surface area contributed by atoms with E-state index in [4.69, 9.17) is 11.6 Å². The van der Waals surface area contributed by atoms with Crippen molar-refractivity contribution in [2.45, 2.75) is 0 Å². The maximum atomic E-state index is 10.6.